The van der Waals surface area contributed by atoms with Crippen molar-refractivity contribution in [1.82, 2.24) is 19.5 Å². The van der Waals surface area contributed by atoms with Gasteiger partial charge in [0.05, 0.1) is 17.9 Å². The molecule has 0 amide bonds. The Morgan fingerprint density at radius 3 is 2.50 bits per heavy atom. The van der Waals surface area contributed by atoms with Gasteiger partial charge in [0.2, 0.25) is 5.95 Å². The highest BCUT2D eigenvalue weighted by Crippen LogP contribution is 2.53. The van der Waals surface area contributed by atoms with Crippen LogP contribution in [0.25, 0.3) is 11.2 Å². The van der Waals surface area contributed by atoms with Gasteiger partial charge in [-0.1, -0.05) is 0 Å². The third-order valence-electron chi connectivity index (χ3n) is 6.23. The van der Waals surface area contributed by atoms with Crippen molar-refractivity contribution in [2.45, 2.75) is 44.0 Å². The summed E-state index contributed by atoms with van der Waals surface area (Å²) in [4.78, 5) is 77.5. The first-order valence-corrected chi connectivity index (χ1v) is 15.1. The number of hydrogen-bond donors (Lipinski definition) is 3. The maximum Gasteiger partial charge on any atom is 0.509 e. The van der Waals surface area contributed by atoms with Gasteiger partial charge in [0.1, 0.15) is 17.8 Å². The molecule has 0 saturated carbocycles. The molecule has 0 spiro atoms. The Hall–Kier alpha value is -3.78. The predicted molar refractivity (Wildman–Crippen MR) is 139 cm³/mol. The molecule has 0 radical (unpaired) electrons. The Balaban J connectivity index is 1.62. The Morgan fingerprint density at radius 1 is 1.25 bits per heavy atom. The molecular weight excluding hydrogens is 638 g/mol. The average molecular weight is 662 g/mol. The Kier molecular flexibility index (Phi) is 9.27. The molecule has 240 valence electrons. The first-order valence-electron chi connectivity index (χ1n) is 12.2. The van der Waals surface area contributed by atoms with Gasteiger partial charge in [0.15, 0.2) is 23.5 Å². The Bertz CT molecular complexity index is 1700. The van der Waals surface area contributed by atoms with Crippen LogP contribution in [0.5, 0.6) is 0 Å². The largest absolute Gasteiger partial charge is 0.756 e. The number of fused-ring (bicyclic) bond motifs is 1. The fourth-order valence-electron chi connectivity index (χ4n) is 4.29. The molecule has 44 heavy (non-hydrogen) atoms. The topological polar surface area (TPSA) is 306 Å². The number of carbonyl (C=O) groups is 1. The van der Waals surface area contributed by atoms with E-state index in [4.69, 9.17) is 29.6 Å². The Morgan fingerprint density at radius 2 is 1.91 bits per heavy atom. The summed E-state index contributed by atoms with van der Waals surface area (Å²) in [6.45, 7) is 1.89. The number of hydrogen-bond acceptors (Lipinski definition) is 17. The number of aromatic nitrogens is 4. The lowest BCUT2D eigenvalue weighted by molar-refractivity contribution is -0.384. The fraction of sp³-hybridized carbons (Fsp3) is 0.429. The summed E-state index contributed by atoms with van der Waals surface area (Å²) in [6.07, 6.45) is -5.93. The number of carbonyl (C=O) groups excluding carboxylic acids is 1. The van der Waals surface area contributed by atoms with Crippen LogP contribution in [0.15, 0.2) is 35.4 Å². The molecule has 0 aliphatic carbocycles. The number of H-pyrrole nitrogens is 1. The van der Waals surface area contributed by atoms with Crippen molar-refractivity contribution < 1.29 is 61.3 Å². The quantitative estimate of drug-likeness (QED) is 0.105. The highest BCUT2D eigenvalue weighted by atomic mass is 31.3. The van der Waals surface area contributed by atoms with Gasteiger partial charge in [-0.3, -0.25) is 33.6 Å². The van der Waals surface area contributed by atoms with E-state index >= 15 is 0 Å². The van der Waals surface area contributed by atoms with Gasteiger partial charge in [-0.25, -0.2) is 14.1 Å². The number of nitrogens with zero attached hydrogens (tertiary/aromatic N) is 4. The van der Waals surface area contributed by atoms with Crippen LogP contribution in [0.2, 0.25) is 0 Å². The SMILES string of the molecule is COC1[C@@H](OC(=O)OC(C)(C)c2ccc([N+](=O)[O-])cc2)[C@@H](COP(=O)([O-])OP(=O)([O-])O)O[C@H]1n1cnc2c(=O)[nH]c(N)nc21. The number of imidazole rings is 1. The average Bonchev–Trinajstić information content (AvgIpc) is 3.46. The number of anilines is 1. The summed E-state index contributed by atoms with van der Waals surface area (Å²) in [5.74, 6) is -0.281. The van der Waals surface area contributed by atoms with E-state index in [1.54, 1.807) is 0 Å². The van der Waals surface area contributed by atoms with Gasteiger partial charge in [-0.05, 0) is 31.5 Å². The number of phosphoric ester groups is 1. The number of rotatable bonds is 11. The van der Waals surface area contributed by atoms with Gasteiger partial charge in [-0.2, -0.15) is 4.98 Å². The number of nitro groups is 1. The van der Waals surface area contributed by atoms with Gasteiger partial charge >= 0.3 is 6.16 Å². The van der Waals surface area contributed by atoms with Crippen LogP contribution < -0.4 is 21.1 Å². The summed E-state index contributed by atoms with van der Waals surface area (Å²) in [6, 6.07) is 5.13. The molecule has 1 fully saturated rings. The number of nitrogens with two attached hydrogens (primary N) is 1. The zero-order valence-corrected chi connectivity index (χ0v) is 24.6. The van der Waals surface area contributed by atoms with Crippen molar-refractivity contribution in [2.75, 3.05) is 19.5 Å². The van der Waals surface area contributed by atoms with Crippen molar-refractivity contribution in [3.63, 3.8) is 0 Å². The molecule has 0 bridgehead atoms. The van der Waals surface area contributed by atoms with E-state index in [9.17, 15) is 38.6 Å². The summed E-state index contributed by atoms with van der Waals surface area (Å²) in [7, 11) is -10.3. The van der Waals surface area contributed by atoms with Gasteiger partial charge < -0.3 is 43.9 Å². The van der Waals surface area contributed by atoms with Crippen LogP contribution >= 0.6 is 15.6 Å². The molecule has 1 aromatic carbocycles. The molecule has 4 rings (SSSR count). The van der Waals surface area contributed by atoms with E-state index in [1.807, 2.05) is 0 Å². The summed E-state index contributed by atoms with van der Waals surface area (Å²) < 4.78 is 54.4. The summed E-state index contributed by atoms with van der Waals surface area (Å²) in [5, 5.41) is 11.0. The number of benzene rings is 1. The Labute approximate surface area is 245 Å². The van der Waals surface area contributed by atoms with Crippen molar-refractivity contribution in [2.24, 2.45) is 0 Å². The minimum Gasteiger partial charge on any atom is -0.756 e. The van der Waals surface area contributed by atoms with Crippen molar-refractivity contribution in [3.05, 3.63) is 56.6 Å². The molecule has 1 aliphatic heterocycles. The number of nitrogen functional groups attached to an aromatic ring is 1. The van der Waals surface area contributed by atoms with Gasteiger partial charge in [-0.15, -0.1) is 0 Å². The zero-order valence-electron chi connectivity index (χ0n) is 22.8. The highest BCUT2D eigenvalue weighted by Gasteiger charge is 2.50. The van der Waals surface area contributed by atoms with Crippen LogP contribution in [0, 0.1) is 10.1 Å². The van der Waals surface area contributed by atoms with Crippen molar-refractivity contribution >= 4 is 44.6 Å². The van der Waals surface area contributed by atoms with E-state index in [1.165, 1.54) is 49.8 Å². The molecule has 3 heterocycles. The van der Waals surface area contributed by atoms with Crippen molar-refractivity contribution in [1.29, 1.82) is 0 Å². The first kappa shape index (κ1) is 33.1. The van der Waals surface area contributed by atoms with E-state index in [-0.39, 0.29) is 22.8 Å². The van der Waals surface area contributed by atoms with E-state index in [0.717, 1.165) is 6.33 Å². The second-order valence-corrected chi connectivity index (χ2v) is 12.3. The number of phosphoric acid groups is 2. The molecule has 2 aromatic heterocycles. The van der Waals surface area contributed by atoms with E-state index in [2.05, 4.69) is 23.8 Å². The molecule has 23 heteroatoms. The van der Waals surface area contributed by atoms with Crippen LogP contribution in [0.3, 0.4) is 0 Å². The number of non-ortho nitro benzene ring substituents is 1. The normalized spacial score (nSPS) is 23.1. The monoisotopic (exact) mass is 662 g/mol. The maximum absolute atomic E-state index is 13.0. The molecule has 6 atom stereocenters. The second kappa shape index (κ2) is 12.3. The number of methoxy groups -OCH3 is 1. The number of ether oxygens (including phenoxy) is 4. The van der Waals surface area contributed by atoms with Crippen LogP contribution in [-0.2, 0) is 42.5 Å². The molecule has 21 nitrogen and oxygen atoms in total. The van der Waals surface area contributed by atoms with E-state index in [0.29, 0.717) is 5.56 Å². The fourth-order valence-corrected chi connectivity index (χ4v) is 5.82. The van der Waals surface area contributed by atoms with E-state index < -0.39 is 69.0 Å². The van der Waals surface area contributed by atoms with Crippen LogP contribution in [0.4, 0.5) is 16.4 Å². The molecule has 3 aromatic rings. The van der Waals surface area contributed by atoms with Gasteiger partial charge in [0.25, 0.3) is 26.9 Å². The molecular formula is C21H24N6O15P2-2. The smallest absolute Gasteiger partial charge is 0.509 e. The van der Waals surface area contributed by atoms with Gasteiger partial charge in [0, 0.05) is 19.2 Å². The molecule has 3 unspecified atom stereocenters. The highest BCUT2D eigenvalue weighted by molar-refractivity contribution is 7.59. The number of aromatic amines is 1. The molecule has 1 aliphatic rings. The maximum atomic E-state index is 13.0. The lowest BCUT2D eigenvalue weighted by atomic mass is 9.98. The zero-order chi connectivity index (χ0) is 32.6. The second-order valence-electron chi connectivity index (χ2n) is 9.58. The standard InChI is InChI=1S/C21H26N6O15P2/c1-21(2,10-4-6-11(7-5-10)27(30)31)41-20(29)40-14-12(8-38-44(35,36)42-43(32,33)34)39-18(15(14)37-3)26-9-23-13-16(26)24-19(22)25-17(13)28/h4-7,9,12,14-15,18H,8H2,1-3H3,(H,35,36)(H2,32,33,34)(H3,22,24,25,28)/p-2/t12-,14+,15?,18-/m1/s1. The summed E-state index contributed by atoms with van der Waals surface area (Å²) in [5.41, 5.74) is 3.44. The lowest BCUT2D eigenvalue weighted by Gasteiger charge is -2.30. The number of nitrogens with one attached hydrogen (secondary N) is 1. The minimum atomic E-state index is -5.78. The first-order chi connectivity index (χ1) is 20.4. The minimum absolute atomic E-state index is 0.0918. The van der Waals surface area contributed by atoms with Crippen LogP contribution in [-0.4, -0.2) is 67.5 Å². The molecule has 4 N–H and O–H groups in total. The lowest BCUT2D eigenvalue weighted by Crippen LogP contribution is -2.41. The van der Waals surface area contributed by atoms with Crippen molar-refractivity contribution in [3.8, 4) is 0 Å². The number of nitro benzene ring substituents is 1. The van der Waals surface area contributed by atoms with Crippen LogP contribution in [0.1, 0.15) is 25.6 Å². The third kappa shape index (κ3) is 7.46. The predicted octanol–water partition coefficient (Wildman–Crippen LogP) is -0.0582. The third-order valence-corrected chi connectivity index (χ3v) is 8.32. The summed E-state index contributed by atoms with van der Waals surface area (Å²) >= 11 is 0. The molecule has 1 saturated heterocycles.